The lowest BCUT2D eigenvalue weighted by Crippen LogP contribution is -2.46. The SMILES string of the molecule is CCOC(C)c1noc(CN2CCN(c3cnn(C)c(=O)c3Br)CC2)n1. The van der Waals surface area contributed by atoms with Gasteiger partial charge >= 0.3 is 0 Å². The fraction of sp³-hybridized carbons (Fsp3) is 0.625. The first kappa shape index (κ1) is 19.0. The maximum atomic E-state index is 12.0. The molecule has 1 fully saturated rings. The summed E-state index contributed by atoms with van der Waals surface area (Å²) in [6.07, 6.45) is 1.56. The van der Waals surface area contributed by atoms with E-state index in [-0.39, 0.29) is 11.7 Å². The van der Waals surface area contributed by atoms with Gasteiger partial charge in [0.25, 0.3) is 5.56 Å². The number of aryl methyl sites for hydroxylation is 1. The van der Waals surface area contributed by atoms with E-state index in [4.69, 9.17) is 9.26 Å². The van der Waals surface area contributed by atoms with Gasteiger partial charge in [-0.1, -0.05) is 5.16 Å². The highest BCUT2D eigenvalue weighted by atomic mass is 79.9. The van der Waals surface area contributed by atoms with Gasteiger partial charge in [0.05, 0.1) is 18.4 Å². The largest absolute Gasteiger partial charge is 0.371 e. The second-order valence-electron chi connectivity index (χ2n) is 6.18. The van der Waals surface area contributed by atoms with Gasteiger partial charge in [-0.3, -0.25) is 9.69 Å². The molecular weight excluding hydrogens is 404 g/mol. The first-order valence-electron chi connectivity index (χ1n) is 8.62. The van der Waals surface area contributed by atoms with Crippen molar-refractivity contribution in [2.45, 2.75) is 26.5 Å². The van der Waals surface area contributed by atoms with Crippen LogP contribution in [0.25, 0.3) is 0 Å². The first-order chi connectivity index (χ1) is 12.5. The number of hydrogen-bond acceptors (Lipinski definition) is 8. The monoisotopic (exact) mass is 426 g/mol. The van der Waals surface area contributed by atoms with Crippen LogP contribution >= 0.6 is 15.9 Å². The van der Waals surface area contributed by atoms with Gasteiger partial charge in [0, 0.05) is 39.8 Å². The molecule has 9 nitrogen and oxygen atoms in total. The number of nitrogens with zero attached hydrogens (tertiary/aromatic N) is 6. The number of hydrogen-bond donors (Lipinski definition) is 0. The summed E-state index contributed by atoms with van der Waals surface area (Å²) in [5.74, 6) is 1.17. The zero-order chi connectivity index (χ0) is 18.7. The number of aromatic nitrogens is 4. The summed E-state index contributed by atoms with van der Waals surface area (Å²) in [6, 6.07) is 0. The van der Waals surface area contributed by atoms with Crippen molar-refractivity contribution in [3.05, 3.63) is 32.7 Å². The summed E-state index contributed by atoms with van der Waals surface area (Å²) in [5.41, 5.74) is 0.699. The minimum absolute atomic E-state index is 0.133. The average molecular weight is 427 g/mol. The molecule has 1 unspecified atom stereocenters. The van der Waals surface area contributed by atoms with E-state index in [1.807, 2.05) is 13.8 Å². The maximum absolute atomic E-state index is 12.0. The van der Waals surface area contributed by atoms with Crippen LogP contribution < -0.4 is 10.5 Å². The molecule has 1 atom stereocenters. The van der Waals surface area contributed by atoms with Crippen molar-refractivity contribution in [1.82, 2.24) is 24.8 Å². The minimum atomic E-state index is -0.167. The average Bonchev–Trinajstić information content (AvgIpc) is 3.10. The maximum Gasteiger partial charge on any atom is 0.282 e. The predicted molar refractivity (Wildman–Crippen MR) is 99.0 cm³/mol. The molecule has 10 heteroatoms. The molecule has 0 radical (unpaired) electrons. The fourth-order valence-corrected chi connectivity index (χ4v) is 3.49. The minimum Gasteiger partial charge on any atom is -0.371 e. The normalized spacial score (nSPS) is 16.8. The van der Waals surface area contributed by atoms with Gasteiger partial charge in [-0.15, -0.1) is 0 Å². The molecule has 2 aromatic heterocycles. The molecule has 3 heterocycles. The lowest BCUT2D eigenvalue weighted by Gasteiger charge is -2.35. The standard InChI is InChI=1S/C16H23BrN6O3/c1-4-25-11(2)15-19-13(26-20-15)10-22-5-7-23(8-6-22)12-9-18-21(3)16(24)14(12)17/h9,11H,4-8,10H2,1-3H3. The van der Waals surface area contributed by atoms with Crippen molar-refractivity contribution in [2.75, 3.05) is 37.7 Å². The van der Waals surface area contributed by atoms with Gasteiger partial charge in [0.15, 0.2) is 5.82 Å². The van der Waals surface area contributed by atoms with Gasteiger partial charge in [-0.2, -0.15) is 10.1 Å². The summed E-state index contributed by atoms with van der Waals surface area (Å²) >= 11 is 3.39. The Kier molecular flexibility index (Phi) is 6.05. The second kappa shape index (κ2) is 8.28. The third-order valence-corrected chi connectivity index (χ3v) is 5.14. The molecule has 0 bridgehead atoms. The molecule has 0 N–H and O–H groups in total. The van der Waals surface area contributed by atoms with E-state index in [0.717, 1.165) is 31.9 Å². The molecule has 0 aliphatic carbocycles. The van der Waals surface area contributed by atoms with Crippen LogP contribution in [0.15, 0.2) is 20.0 Å². The van der Waals surface area contributed by atoms with E-state index < -0.39 is 0 Å². The van der Waals surface area contributed by atoms with E-state index in [9.17, 15) is 4.79 Å². The molecule has 0 aromatic carbocycles. The summed E-state index contributed by atoms with van der Waals surface area (Å²) in [6.45, 7) is 8.32. The van der Waals surface area contributed by atoms with E-state index in [2.05, 4.69) is 41.0 Å². The molecule has 0 saturated carbocycles. The highest BCUT2D eigenvalue weighted by Crippen LogP contribution is 2.23. The number of ether oxygens (including phenoxy) is 1. The molecule has 142 valence electrons. The molecular formula is C16H23BrN6O3. The summed E-state index contributed by atoms with van der Waals surface area (Å²) in [4.78, 5) is 20.8. The molecule has 3 rings (SSSR count). The zero-order valence-electron chi connectivity index (χ0n) is 15.2. The second-order valence-corrected chi connectivity index (χ2v) is 6.97. The van der Waals surface area contributed by atoms with E-state index >= 15 is 0 Å². The Bertz CT molecular complexity index is 800. The zero-order valence-corrected chi connectivity index (χ0v) is 16.8. The summed E-state index contributed by atoms with van der Waals surface area (Å²) < 4.78 is 12.7. The van der Waals surface area contributed by atoms with Crippen molar-refractivity contribution in [1.29, 1.82) is 0 Å². The Morgan fingerprint density at radius 2 is 2.08 bits per heavy atom. The third kappa shape index (κ3) is 4.13. The van der Waals surface area contributed by atoms with Crippen molar-refractivity contribution < 1.29 is 9.26 Å². The van der Waals surface area contributed by atoms with Crippen molar-refractivity contribution >= 4 is 21.6 Å². The van der Waals surface area contributed by atoms with Crippen LogP contribution in [0.1, 0.15) is 31.7 Å². The van der Waals surface area contributed by atoms with Gasteiger partial charge < -0.3 is 14.2 Å². The number of rotatable bonds is 6. The quantitative estimate of drug-likeness (QED) is 0.683. The van der Waals surface area contributed by atoms with Gasteiger partial charge in [0.1, 0.15) is 10.6 Å². The number of halogens is 1. The van der Waals surface area contributed by atoms with Crippen LogP contribution in [0.4, 0.5) is 5.69 Å². The molecule has 2 aromatic rings. The van der Waals surface area contributed by atoms with Crippen LogP contribution in [0.3, 0.4) is 0 Å². The Hall–Kier alpha value is -1.78. The summed E-state index contributed by atoms with van der Waals surface area (Å²) in [7, 11) is 1.64. The molecule has 1 aliphatic heterocycles. The van der Waals surface area contributed by atoms with E-state index in [1.54, 1.807) is 13.2 Å². The lowest BCUT2D eigenvalue weighted by atomic mass is 10.3. The van der Waals surface area contributed by atoms with Crippen LogP contribution in [0.2, 0.25) is 0 Å². The smallest absolute Gasteiger partial charge is 0.282 e. The van der Waals surface area contributed by atoms with Gasteiger partial charge in [0.2, 0.25) is 5.89 Å². The van der Waals surface area contributed by atoms with Gasteiger partial charge in [-0.25, -0.2) is 4.68 Å². The highest BCUT2D eigenvalue weighted by Gasteiger charge is 2.22. The topological polar surface area (TPSA) is 89.5 Å². The third-order valence-electron chi connectivity index (χ3n) is 4.40. The number of anilines is 1. The molecule has 1 aliphatic rings. The van der Waals surface area contributed by atoms with Crippen molar-refractivity contribution in [3.8, 4) is 0 Å². The number of piperazine rings is 1. The predicted octanol–water partition coefficient (Wildman–Crippen LogP) is 1.35. The Morgan fingerprint density at radius 3 is 2.77 bits per heavy atom. The summed E-state index contributed by atoms with van der Waals surface area (Å²) in [5, 5.41) is 8.10. The van der Waals surface area contributed by atoms with Crippen molar-refractivity contribution in [3.63, 3.8) is 0 Å². The Labute approximate surface area is 160 Å². The molecule has 0 amide bonds. The molecule has 0 spiro atoms. The lowest BCUT2D eigenvalue weighted by molar-refractivity contribution is 0.0683. The van der Waals surface area contributed by atoms with Crippen LogP contribution in [0, 0.1) is 0 Å². The molecule has 26 heavy (non-hydrogen) atoms. The van der Waals surface area contributed by atoms with Crippen LogP contribution in [-0.2, 0) is 18.3 Å². The van der Waals surface area contributed by atoms with Crippen LogP contribution in [0.5, 0.6) is 0 Å². The fourth-order valence-electron chi connectivity index (χ4n) is 2.88. The van der Waals surface area contributed by atoms with Crippen molar-refractivity contribution in [2.24, 2.45) is 7.05 Å². The van der Waals surface area contributed by atoms with E-state index in [0.29, 0.717) is 29.3 Å². The highest BCUT2D eigenvalue weighted by molar-refractivity contribution is 9.10. The van der Waals surface area contributed by atoms with Crippen LogP contribution in [-0.4, -0.2) is 57.6 Å². The Balaban J connectivity index is 1.58. The molecule has 1 saturated heterocycles. The first-order valence-corrected chi connectivity index (χ1v) is 9.42. The Morgan fingerprint density at radius 1 is 1.35 bits per heavy atom. The van der Waals surface area contributed by atoms with E-state index in [1.165, 1.54) is 4.68 Å². The van der Waals surface area contributed by atoms with Gasteiger partial charge in [-0.05, 0) is 29.8 Å².